The third-order valence-electron chi connectivity index (χ3n) is 2.65. The van der Waals surface area contributed by atoms with Crippen LogP contribution in [0.15, 0.2) is 46.0 Å². The van der Waals surface area contributed by atoms with Gasteiger partial charge in [-0.1, -0.05) is 19.1 Å². The Kier molecular flexibility index (Phi) is 4.66. The Morgan fingerprint density at radius 2 is 2.00 bits per heavy atom. The van der Waals surface area contributed by atoms with Crippen LogP contribution in [0.3, 0.4) is 0 Å². The van der Waals surface area contributed by atoms with Crippen molar-refractivity contribution < 1.29 is 0 Å². The minimum absolute atomic E-state index is 0.102. The molecule has 0 spiro atoms. The molecule has 1 unspecified atom stereocenters. The van der Waals surface area contributed by atoms with E-state index in [0.717, 1.165) is 12.2 Å². The molecule has 90 valence electrons. The monoisotopic (exact) mass is 263 g/mol. The van der Waals surface area contributed by atoms with Gasteiger partial charge in [0.05, 0.1) is 0 Å². The highest BCUT2D eigenvalue weighted by atomic mass is 32.2. The second kappa shape index (κ2) is 6.24. The van der Waals surface area contributed by atoms with Gasteiger partial charge in [-0.05, 0) is 52.3 Å². The molecule has 1 aromatic heterocycles. The SMILES string of the molecule is CCSc1ccc(C(N)Cc2ccsc2)cc1. The van der Waals surface area contributed by atoms with Crippen molar-refractivity contribution in [1.29, 1.82) is 0 Å². The molecule has 0 amide bonds. The predicted molar refractivity (Wildman–Crippen MR) is 77.8 cm³/mol. The Morgan fingerprint density at radius 3 is 2.59 bits per heavy atom. The molecule has 2 rings (SSSR count). The molecule has 0 fully saturated rings. The summed E-state index contributed by atoms with van der Waals surface area (Å²) in [7, 11) is 0. The quantitative estimate of drug-likeness (QED) is 0.822. The highest BCUT2D eigenvalue weighted by Gasteiger charge is 2.07. The van der Waals surface area contributed by atoms with Crippen LogP contribution in [0.5, 0.6) is 0 Å². The fourth-order valence-electron chi connectivity index (χ4n) is 1.76. The number of thiophene rings is 1. The van der Waals surface area contributed by atoms with Gasteiger partial charge in [0, 0.05) is 10.9 Å². The third-order valence-corrected chi connectivity index (χ3v) is 4.28. The van der Waals surface area contributed by atoms with Crippen molar-refractivity contribution in [2.45, 2.75) is 24.3 Å². The van der Waals surface area contributed by atoms with Gasteiger partial charge in [0.1, 0.15) is 0 Å². The third kappa shape index (κ3) is 3.60. The molecule has 1 aromatic carbocycles. The van der Waals surface area contributed by atoms with Crippen LogP contribution in [0.25, 0.3) is 0 Å². The molecule has 0 aliphatic carbocycles. The zero-order valence-electron chi connectivity index (χ0n) is 9.93. The minimum atomic E-state index is 0.102. The number of nitrogens with two attached hydrogens (primary N) is 1. The summed E-state index contributed by atoms with van der Waals surface area (Å²) in [5.74, 6) is 1.11. The fourth-order valence-corrected chi connectivity index (χ4v) is 3.10. The van der Waals surface area contributed by atoms with Gasteiger partial charge in [-0.2, -0.15) is 11.3 Å². The number of rotatable bonds is 5. The summed E-state index contributed by atoms with van der Waals surface area (Å²) >= 11 is 3.59. The molecule has 2 N–H and O–H groups in total. The summed E-state index contributed by atoms with van der Waals surface area (Å²) in [4.78, 5) is 1.32. The van der Waals surface area contributed by atoms with E-state index in [-0.39, 0.29) is 6.04 Å². The molecule has 1 heterocycles. The molecule has 17 heavy (non-hydrogen) atoms. The van der Waals surface area contributed by atoms with Crippen LogP contribution in [0, 0.1) is 0 Å². The van der Waals surface area contributed by atoms with Crippen LogP contribution in [0.4, 0.5) is 0 Å². The van der Waals surface area contributed by atoms with E-state index in [4.69, 9.17) is 5.73 Å². The maximum atomic E-state index is 6.21. The lowest BCUT2D eigenvalue weighted by molar-refractivity contribution is 0.723. The molecule has 0 bridgehead atoms. The van der Waals surface area contributed by atoms with E-state index >= 15 is 0 Å². The molecule has 1 atom stereocenters. The van der Waals surface area contributed by atoms with Crippen molar-refractivity contribution in [3.8, 4) is 0 Å². The highest BCUT2D eigenvalue weighted by molar-refractivity contribution is 7.99. The first kappa shape index (κ1) is 12.7. The van der Waals surface area contributed by atoms with E-state index in [2.05, 4.69) is 48.0 Å². The summed E-state index contributed by atoms with van der Waals surface area (Å²) in [5.41, 5.74) is 8.76. The van der Waals surface area contributed by atoms with Gasteiger partial charge in [-0.15, -0.1) is 11.8 Å². The zero-order valence-corrected chi connectivity index (χ0v) is 11.6. The molecular formula is C14H17NS2. The van der Waals surface area contributed by atoms with Crippen LogP contribution >= 0.6 is 23.1 Å². The van der Waals surface area contributed by atoms with Crippen LogP contribution < -0.4 is 5.73 Å². The molecule has 0 saturated heterocycles. The molecule has 3 heteroatoms. The summed E-state index contributed by atoms with van der Waals surface area (Å²) in [6, 6.07) is 10.9. The van der Waals surface area contributed by atoms with E-state index in [9.17, 15) is 0 Å². The van der Waals surface area contributed by atoms with Crippen molar-refractivity contribution in [2.24, 2.45) is 5.73 Å². The Hall–Kier alpha value is -0.770. The first-order valence-electron chi connectivity index (χ1n) is 5.79. The summed E-state index contributed by atoms with van der Waals surface area (Å²) in [6.07, 6.45) is 0.920. The summed E-state index contributed by atoms with van der Waals surface area (Å²) in [6.45, 7) is 2.17. The van der Waals surface area contributed by atoms with Gasteiger partial charge in [0.2, 0.25) is 0 Å². The second-order valence-corrected chi connectivity index (χ2v) is 6.06. The topological polar surface area (TPSA) is 26.0 Å². The number of hydrogen-bond donors (Lipinski definition) is 1. The van der Waals surface area contributed by atoms with Gasteiger partial charge in [-0.3, -0.25) is 0 Å². The fraction of sp³-hybridized carbons (Fsp3) is 0.286. The first-order chi connectivity index (χ1) is 8.29. The van der Waals surface area contributed by atoms with Gasteiger partial charge in [0.25, 0.3) is 0 Å². The van der Waals surface area contributed by atoms with E-state index in [0.29, 0.717) is 0 Å². The van der Waals surface area contributed by atoms with Crippen molar-refractivity contribution in [3.63, 3.8) is 0 Å². The average molecular weight is 263 g/mol. The lowest BCUT2D eigenvalue weighted by Gasteiger charge is -2.11. The van der Waals surface area contributed by atoms with E-state index < -0.39 is 0 Å². The minimum Gasteiger partial charge on any atom is -0.324 e. The van der Waals surface area contributed by atoms with Crippen molar-refractivity contribution in [2.75, 3.05) is 5.75 Å². The first-order valence-corrected chi connectivity index (χ1v) is 7.72. The van der Waals surface area contributed by atoms with Crippen LogP contribution in [0.2, 0.25) is 0 Å². The molecule has 0 aliphatic rings. The van der Waals surface area contributed by atoms with E-state index in [1.807, 2.05) is 11.8 Å². The lowest BCUT2D eigenvalue weighted by atomic mass is 10.0. The van der Waals surface area contributed by atoms with Crippen LogP contribution in [0.1, 0.15) is 24.1 Å². The lowest BCUT2D eigenvalue weighted by Crippen LogP contribution is -2.12. The summed E-state index contributed by atoms with van der Waals surface area (Å²) in [5, 5.41) is 4.27. The highest BCUT2D eigenvalue weighted by Crippen LogP contribution is 2.22. The van der Waals surface area contributed by atoms with Crippen LogP contribution in [-0.2, 0) is 6.42 Å². The number of hydrogen-bond acceptors (Lipinski definition) is 3. The number of benzene rings is 1. The number of thioether (sulfide) groups is 1. The van der Waals surface area contributed by atoms with Crippen molar-refractivity contribution >= 4 is 23.1 Å². The van der Waals surface area contributed by atoms with Crippen LogP contribution in [-0.4, -0.2) is 5.75 Å². The van der Waals surface area contributed by atoms with Gasteiger partial charge >= 0.3 is 0 Å². The summed E-state index contributed by atoms with van der Waals surface area (Å²) < 4.78 is 0. The average Bonchev–Trinajstić information content (AvgIpc) is 2.83. The smallest absolute Gasteiger partial charge is 0.0336 e. The molecule has 0 aliphatic heterocycles. The molecule has 2 aromatic rings. The van der Waals surface area contributed by atoms with Gasteiger partial charge < -0.3 is 5.73 Å². The normalized spacial score (nSPS) is 12.6. The Balaban J connectivity index is 2.01. The second-order valence-electron chi connectivity index (χ2n) is 3.94. The zero-order chi connectivity index (χ0) is 12.1. The standard InChI is InChI=1S/C14H17NS2/c1-2-17-13-5-3-12(4-6-13)14(15)9-11-7-8-16-10-11/h3-8,10,14H,2,9,15H2,1H3. The van der Waals surface area contributed by atoms with E-state index in [1.165, 1.54) is 16.0 Å². The van der Waals surface area contributed by atoms with Crippen molar-refractivity contribution in [1.82, 2.24) is 0 Å². The molecule has 0 radical (unpaired) electrons. The molecule has 1 nitrogen and oxygen atoms in total. The maximum absolute atomic E-state index is 6.21. The van der Waals surface area contributed by atoms with Gasteiger partial charge in [0.15, 0.2) is 0 Å². The Bertz CT molecular complexity index is 434. The molecular weight excluding hydrogens is 246 g/mol. The van der Waals surface area contributed by atoms with E-state index in [1.54, 1.807) is 11.3 Å². The van der Waals surface area contributed by atoms with Gasteiger partial charge in [-0.25, -0.2) is 0 Å². The largest absolute Gasteiger partial charge is 0.324 e. The predicted octanol–water partition coefficient (Wildman–Crippen LogP) is 4.10. The maximum Gasteiger partial charge on any atom is 0.0336 e. The Morgan fingerprint density at radius 1 is 1.24 bits per heavy atom. The van der Waals surface area contributed by atoms with Crippen molar-refractivity contribution in [3.05, 3.63) is 52.2 Å². The molecule has 0 saturated carbocycles. The Labute approximate surface area is 111 Å².